The van der Waals surface area contributed by atoms with Crippen LogP contribution < -0.4 is 5.32 Å². The first-order valence-corrected chi connectivity index (χ1v) is 10.0. The van der Waals surface area contributed by atoms with E-state index in [4.69, 9.17) is 9.15 Å². The van der Waals surface area contributed by atoms with E-state index in [0.29, 0.717) is 0 Å². The first kappa shape index (κ1) is 19.2. The fourth-order valence-corrected chi connectivity index (χ4v) is 4.03. The summed E-state index contributed by atoms with van der Waals surface area (Å²) in [6.07, 6.45) is 7.90. The Morgan fingerprint density at radius 3 is 2.77 bits per heavy atom. The molecule has 1 atom stereocenters. The highest BCUT2D eigenvalue weighted by Crippen LogP contribution is 2.25. The number of guanidine groups is 1. The van der Waals surface area contributed by atoms with E-state index in [2.05, 4.69) is 33.2 Å². The first-order valence-electron chi connectivity index (χ1n) is 10.0. The van der Waals surface area contributed by atoms with Gasteiger partial charge in [0.05, 0.1) is 12.3 Å². The zero-order chi connectivity index (χ0) is 18.2. The lowest BCUT2D eigenvalue weighted by molar-refractivity contribution is 0.0625. The predicted molar refractivity (Wildman–Crippen MR) is 104 cm³/mol. The molecule has 1 aromatic rings. The van der Waals surface area contributed by atoms with Crippen molar-refractivity contribution in [1.82, 2.24) is 15.1 Å². The van der Waals surface area contributed by atoms with Crippen LogP contribution in [0, 0.1) is 5.92 Å². The number of furan rings is 1. The van der Waals surface area contributed by atoms with E-state index >= 15 is 0 Å². The smallest absolute Gasteiger partial charge is 0.193 e. The fraction of sp³-hybridized carbons (Fsp3) is 0.750. The summed E-state index contributed by atoms with van der Waals surface area (Å²) in [5.41, 5.74) is 0. The minimum atomic E-state index is 0.271. The summed E-state index contributed by atoms with van der Waals surface area (Å²) in [4.78, 5) is 9.25. The van der Waals surface area contributed by atoms with Gasteiger partial charge in [-0.05, 0) is 63.2 Å². The Bertz CT molecular complexity index is 534. The molecule has 3 rings (SSSR count). The molecule has 2 saturated heterocycles. The number of nitrogens with zero attached hydrogens (tertiary/aromatic N) is 3. The molecule has 2 aliphatic heterocycles. The van der Waals surface area contributed by atoms with E-state index in [0.717, 1.165) is 57.0 Å². The van der Waals surface area contributed by atoms with E-state index in [-0.39, 0.29) is 6.04 Å². The van der Waals surface area contributed by atoms with Crippen molar-refractivity contribution in [3.63, 3.8) is 0 Å². The van der Waals surface area contributed by atoms with Crippen LogP contribution in [-0.4, -0.2) is 69.2 Å². The lowest BCUT2D eigenvalue weighted by Crippen LogP contribution is -2.44. The largest absolute Gasteiger partial charge is 0.468 e. The highest BCUT2D eigenvalue weighted by molar-refractivity contribution is 5.79. The maximum absolute atomic E-state index is 5.71. The maximum Gasteiger partial charge on any atom is 0.193 e. The molecule has 6 nitrogen and oxygen atoms in total. The van der Waals surface area contributed by atoms with Crippen LogP contribution in [0.4, 0.5) is 0 Å². The molecular formula is C20H34N4O2. The van der Waals surface area contributed by atoms with Crippen LogP contribution in [-0.2, 0) is 4.74 Å². The number of aliphatic imine (C=N–C) groups is 1. The molecule has 0 aromatic carbocycles. The number of hydrogen-bond donors (Lipinski definition) is 1. The van der Waals surface area contributed by atoms with Crippen LogP contribution in [0.15, 0.2) is 27.8 Å². The third-order valence-corrected chi connectivity index (χ3v) is 5.69. The number of rotatable bonds is 7. The van der Waals surface area contributed by atoms with Crippen LogP contribution in [0.3, 0.4) is 0 Å². The Labute approximate surface area is 157 Å². The molecule has 0 radical (unpaired) electrons. The zero-order valence-electron chi connectivity index (χ0n) is 16.3. The summed E-state index contributed by atoms with van der Waals surface area (Å²) < 4.78 is 11.2. The van der Waals surface area contributed by atoms with Gasteiger partial charge in [0.15, 0.2) is 5.96 Å². The SMILES string of the molecule is CN=C(NCC(c1ccco1)N1CCCC1)N(C)CCC1CCOCC1. The molecule has 6 heteroatoms. The Kier molecular flexibility index (Phi) is 7.38. The number of nitrogens with one attached hydrogen (secondary N) is 1. The van der Waals surface area contributed by atoms with Crippen molar-refractivity contribution in [2.45, 2.75) is 38.1 Å². The van der Waals surface area contributed by atoms with Gasteiger partial charge in [-0.2, -0.15) is 0 Å². The van der Waals surface area contributed by atoms with Gasteiger partial charge < -0.3 is 19.4 Å². The Balaban J connectivity index is 1.51. The molecule has 146 valence electrons. The van der Waals surface area contributed by atoms with Gasteiger partial charge in [-0.1, -0.05) is 0 Å². The summed E-state index contributed by atoms with van der Waals surface area (Å²) >= 11 is 0. The van der Waals surface area contributed by atoms with E-state index in [1.165, 1.54) is 32.1 Å². The molecule has 2 fully saturated rings. The highest BCUT2D eigenvalue weighted by atomic mass is 16.5. The van der Waals surface area contributed by atoms with Gasteiger partial charge in [0, 0.05) is 40.4 Å². The minimum Gasteiger partial charge on any atom is -0.468 e. The first-order chi connectivity index (χ1) is 12.8. The minimum absolute atomic E-state index is 0.271. The van der Waals surface area contributed by atoms with Crippen molar-refractivity contribution in [3.8, 4) is 0 Å². The van der Waals surface area contributed by atoms with E-state index in [9.17, 15) is 0 Å². The topological polar surface area (TPSA) is 53.2 Å². The van der Waals surface area contributed by atoms with Gasteiger partial charge in [-0.3, -0.25) is 9.89 Å². The second kappa shape index (κ2) is 9.97. The van der Waals surface area contributed by atoms with Crippen LogP contribution >= 0.6 is 0 Å². The van der Waals surface area contributed by atoms with Crippen LogP contribution in [0.5, 0.6) is 0 Å². The molecule has 0 aliphatic carbocycles. The Morgan fingerprint density at radius 2 is 2.12 bits per heavy atom. The monoisotopic (exact) mass is 362 g/mol. The predicted octanol–water partition coefficient (Wildman–Crippen LogP) is 2.74. The third kappa shape index (κ3) is 5.24. The van der Waals surface area contributed by atoms with Crippen LogP contribution in [0.2, 0.25) is 0 Å². The summed E-state index contributed by atoms with van der Waals surface area (Å²) in [5, 5.41) is 3.57. The highest BCUT2D eigenvalue weighted by Gasteiger charge is 2.26. The second-order valence-electron chi connectivity index (χ2n) is 7.47. The van der Waals surface area contributed by atoms with Crippen LogP contribution in [0.1, 0.15) is 43.9 Å². The molecule has 1 N–H and O–H groups in total. The van der Waals surface area contributed by atoms with Crippen molar-refractivity contribution < 1.29 is 9.15 Å². The zero-order valence-corrected chi connectivity index (χ0v) is 16.3. The molecule has 0 bridgehead atoms. The Morgan fingerprint density at radius 1 is 1.35 bits per heavy atom. The van der Waals surface area contributed by atoms with Gasteiger partial charge in [-0.15, -0.1) is 0 Å². The lowest BCUT2D eigenvalue weighted by atomic mass is 9.96. The standard InChI is InChI=1S/C20H34N4O2/c1-21-20(23(2)12-7-17-8-14-25-15-9-17)22-16-18(19-6-5-13-26-19)24-10-3-4-11-24/h5-6,13,17-18H,3-4,7-12,14-16H2,1-2H3,(H,21,22). The molecule has 26 heavy (non-hydrogen) atoms. The average Bonchev–Trinajstić information content (AvgIpc) is 3.38. The second-order valence-corrected chi connectivity index (χ2v) is 7.47. The van der Waals surface area contributed by atoms with E-state index in [1.54, 1.807) is 6.26 Å². The van der Waals surface area contributed by atoms with Crippen molar-refractivity contribution in [2.24, 2.45) is 10.9 Å². The normalized spacial score (nSPS) is 21.1. The summed E-state index contributed by atoms with van der Waals surface area (Å²) in [6, 6.07) is 4.34. The molecule has 1 unspecified atom stereocenters. The molecule has 0 amide bonds. The molecule has 1 aromatic heterocycles. The lowest BCUT2D eigenvalue weighted by Gasteiger charge is -2.30. The third-order valence-electron chi connectivity index (χ3n) is 5.69. The molecule has 0 spiro atoms. The quantitative estimate of drug-likeness (QED) is 0.597. The summed E-state index contributed by atoms with van der Waals surface area (Å²) in [5.74, 6) is 2.79. The van der Waals surface area contributed by atoms with Crippen molar-refractivity contribution in [1.29, 1.82) is 0 Å². The summed E-state index contributed by atoms with van der Waals surface area (Å²) in [7, 11) is 4.00. The average molecular weight is 363 g/mol. The van der Waals surface area contributed by atoms with Crippen molar-refractivity contribution in [3.05, 3.63) is 24.2 Å². The van der Waals surface area contributed by atoms with Crippen LogP contribution in [0.25, 0.3) is 0 Å². The summed E-state index contributed by atoms with van der Waals surface area (Å²) in [6.45, 7) is 5.97. The number of likely N-dealkylation sites (tertiary alicyclic amines) is 1. The number of hydrogen-bond acceptors (Lipinski definition) is 4. The fourth-order valence-electron chi connectivity index (χ4n) is 4.03. The maximum atomic E-state index is 5.71. The Hall–Kier alpha value is -1.53. The molecule has 2 aliphatic rings. The molecule has 0 saturated carbocycles. The molecule has 3 heterocycles. The van der Waals surface area contributed by atoms with Gasteiger partial charge >= 0.3 is 0 Å². The van der Waals surface area contributed by atoms with E-state index < -0.39 is 0 Å². The van der Waals surface area contributed by atoms with Crippen molar-refractivity contribution >= 4 is 5.96 Å². The van der Waals surface area contributed by atoms with Gasteiger partial charge in [0.1, 0.15) is 5.76 Å². The van der Waals surface area contributed by atoms with Crippen molar-refractivity contribution in [2.75, 3.05) is 53.5 Å². The van der Waals surface area contributed by atoms with E-state index in [1.807, 2.05) is 13.1 Å². The van der Waals surface area contributed by atoms with Gasteiger partial charge in [0.2, 0.25) is 0 Å². The number of ether oxygens (including phenoxy) is 1. The van der Waals surface area contributed by atoms with Gasteiger partial charge in [0.25, 0.3) is 0 Å². The molecular weight excluding hydrogens is 328 g/mol. The van der Waals surface area contributed by atoms with Gasteiger partial charge in [-0.25, -0.2) is 0 Å².